The Morgan fingerprint density at radius 1 is 1.11 bits per heavy atom. The Bertz CT molecular complexity index is 1300. The molecule has 4 rings (SSSR count). The van der Waals surface area contributed by atoms with Gasteiger partial charge in [0.05, 0.1) is 18.2 Å². The van der Waals surface area contributed by atoms with Crippen molar-refractivity contribution in [3.63, 3.8) is 0 Å². The number of amides is 1. The van der Waals surface area contributed by atoms with Crippen molar-refractivity contribution >= 4 is 17.4 Å². The lowest BCUT2D eigenvalue weighted by Gasteiger charge is -2.30. The van der Waals surface area contributed by atoms with Crippen LogP contribution in [0.5, 0.6) is 5.75 Å². The van der Waals surface area contributed by atoms with Crippen LogP contribution in [0.25, 0.3) is 11.5 Å². The van der Waals surface area contributed by atoms with Crippen LogP contribution in [0.3, 0.4) is 0 Å². The number of anilines is 1. The van der Waals surface area contributed by atoms with E-state index in [0.717, 1.165) is 0 Å². The largest absolute Gasteiger partial charge is 0.503 e. The maximum Gasteiger partial charge on any atom is 0.294 e. The molecule has 0 aliphatic carbocycles. The number of aliphatic hydroxyl groups excluding tert-OH is 1. The van der Waals surface area contributed by atoms with Gasteiger partial charge in [0.1, 0.15) is 12.4 Å². The maximum absolute atomic E-state index is 13.5. The SMILES string of the molecule is COCCOc1ccccc1C1C(C(=O)C(C)(C)C)=C(O)C(=O)N1c1ccc(-c2nc(C)no2)cc1. The van der Waals surface area contributed by atoms with Crippen molar-refractivity contribution in [2.75, 3.05) is 25.2 Å². The average molecular weight is 492 g/mol. The monoisotopic (exact) mass is 491 g/mol. The van der Waals surface area contributed by atoms with Gasteiger partial charge in [-0.25, -0.2) is 0 Å². The van der Waals surface area contributed by atoms with Crippen LogP contribution in [0.15, 0.2) is 64.4 Å². The maximum atomic E-state index is 13.5. The molecule has 1 aliphatic rings. The number of carbonyl (C=O) groups is 2. The zero-order valence-electron chi connectivity index (χ0n) is 20.9. The molecule has 1 aromatic heterocycles. The number of rotatable bonds is 8. The molecule has 0 saturated heterocycles. The molecule has 0 saturated carbocycles. The van der Waals surface area contributed by atoms with Gasteiger partial charge in [0.15, 0.2) is 17.4 Å². The molecule has 0 fully saturated rings. The first-order valence-electron chi connectivity index (χ1n) is 11.6. The predicted molar refractivity (Wildman–Crippen MR) is 133 cm³/mol. The number of aliphatic hydroxyl groups is 1. The Kier molecular flexibility index (Phi) is 6.94. The average Bonchev–Trinajstić information content (AvgIpc) is 3.39. The first kappa shape index (κ1) is 25.1. The topological polar surface area (TPSA) is 115 Å². The number of hydrogen-bond acceptors (Lipinski definition) is 8. The Hall–Kier alpha value is -3.98. The van der Waals surface area contributed by atoms with Crippen LogP contribution >= 0.6 is 0 Å². The molecule has 9 nitrogen and oxygen atoms in total. The van der Waals surface area contributed by atoms with E-state index in [-0.39, 0.29) is 18.0 Å². The zero-order valence-corrected chi connectivity index (χ0v) is 20.9. The van der Waals surface area contributed by atoms with Crippen LogP contribution in [-0.4, -0.2) is 47.3 Å². The van der Waals surface area contributed by atoms with E-state index in [1.165, 1.54) is 4.90 Å². The molecule has 2 heterocycles. The molecule has 3 aromatic rings. The van der Waals surface area contributed by atoms with E-state index in [9.17, 15) is 14.7 Å². The number of ketones is 1. The summed E-state index contributed by atoms with van der Waals surface area (Å²) >= 11 is 0. The number of carbonyl (C=O) groups excluding carboxylic acids is 2. The molecule has 1 unspecified atom stereocenters. The minimum Gasteiger partial charge on any atom is -0.503 e. The second kappa shape index (κ2) is 9.94. The molecule has 1 aliphatic heterocycles. The molecule has 36 heavy (non-hydrogen) atoms. The van der Waals surface area contributed by atoms with E-state index in [2.05, 4.69) is 10.1 Å². The summed E-state index contributed by atoms with van der Waals surface area (Å²) in [6.07, 6.45) is 0. The molecular weight excluding hydrogens is 462 g/mol. The second-order valence-corrected chi connectivity index (χ2v) is 9.49. The fourth-order valence-corrected chi connectivity index (χ4v) is 4.05. The molecule has 0 spiro atoms. The van der Waals surface area contributed by atoms with Crippen LogP contribution < -0.4 is 9.64 Å². The number of nitrogens with zero attached hydrogens (tertiary/aromatic N) is 3. The third-order valence-electron chi connectivity index (χ3n) is 5.81. The molecule has 1 atom stereocenters. The van der Waals surface area contributed by atoms with Crippen molar-refractivity contribution in [1.29, 1.82) is 0 Å². The van der Waals surface area contributed by atoms with Gasteiger partial charge in [0.2, 0.25) is 0 Å². The van der Waals surface area contributed by atoms with Crippen LogP contribution in [-0.2, 0) is 14.3 Å². The molecule has 0 radical (unpaired) electrons. The first-order chi connectivity index (χ1) is 17.1. The molecule has 1 amide bonds. The summed E-state index contributed by atoms with van der Waals surface area (Å²) in [7, 11) is 1.58. The van der Waals surface area contributed by atoms with Gasteiger partial charge < -0.3 is 19.1 Å². The fraction of sp³-hybridized carbons (Fsp3) is 0.333. The summed E-state index contributed by atoms with van der Waals surface area (Å²) < 4.78 is 16.3. The zero-order chi connectivity index (χ0) is 26.0. The van der Waals surface area contributed by atoms with Gasteiger partial charge in [-0.05, 0) is 37.3 Å². The molecule has 9 heteroatoms. The number of para-hydroxylation sites is 1. The second-order valence-electron chi connectivity index (χ2n) is 9.49. The quantitative estimate of drug-likeness (QED) is 0.455. The highest BCUT2D eigenvalue weighted by Crippen LogP contribution is 2.46. The van der Waals surface area contributed by atoms with Crippen molar-refractivity contribution in [3.05, 3.63) is 71.3 Å². The lowest BCUT2D eigenvalue weighted by Crippen LogP contribution is -2.33. The van der Waals surface area contributed by atoms with Crippen LogP contribution in [0.1, 0.15) is 38.2 Å². The normalized spacial score (nSPS) is 16.1. The van der Waals surface area contributed by atoms with Crippen molar-refractivity contribution in [2.45, 2.75) is 33.7 Å². The van der Waals surface area contributed by atoms with Gasteiger partial charge >= 0.3 is 0 Å². The summed E-state index contributed by atoms with van der Waals surface area (Å²) in [5, 5.41) is 14.8. The van der Waals surface area contributed by atoms with Gasteiger partial charge in [-0.15, -0.1) is 0 Å². The summed E-state index contributed by atoms with van der Waals surface area (Å²) in [5.74, 6) is -0.211. The lowest BCUT2D eigenvalue weighted by molar-refractivity contribution is -0.123. The molecule has 188 valence electrons. The van der Waals surface area contributed by atoms with Gasteiger partial charge in [-0.2, -0.15) is 4.98 Å². The van der Waals surface area contributed by atoms with Gasteiger partial charge in [0, 0.05) is 29.3 Å². The molecule has 1 N–H and O–H groups in total. The highest BCUT2D eigenvalue weighted by atomic mass is 16.5. The van der Waals surface area contributed by atoms with E-state index in [0.29, 0.717) is 40.9 Å². The third kappa shape index (κ3) is 4.74. The number of methoxy groups -OCH3 is 1. The molecule has 2 aromatic carbocycles. The number of ether oxygens (including phenoxy) is 2. The van der Waals surface area contributed by atoms with Crippen LogP contribution in [0.2, 0.25) is 0 Å². The van der Waals surface area contributed by atoms with Gasteiger partial charge in [0.25, 0.3) is 11.8 Å². The van der Waals surface area contributed by atoms with Crippen molar-refractivity contribution < 1.29 is 28.7 Å². The lowest BCUT2D eigenvalue weighted by atomic mass is 9.82. The first-order valence-corrected chi connectivity index (χ1v) is 11.6. The van der Waals surface area contributed by atoms with E-state index in [4.69, 9.17) is 14.0 Å². The minimum atomic E-state index is -0.889. The van der Waals surface area contributed by atoms with E-state index in [1.54, 1.807) is 77.3 Å². The number of benzene rings is 2. The summed E-state index contributed by atoms with van der Waals surface area (Å²) in [4.78, 5) is 32.6. The number of Topliss-reactive ketones (excluding diaryl/α,β-unsaturated/α-hetero) is 1. The standard InChI is InChI=1S/C27H29N3O6/c1-16-28-25(36-29-16)17-10-12-18(13-11-17)30-22(19-8-6-7-9-20(19)35-15-14-34-5)21(23(31)26(30)33)24(32)27(2,3)4/h6-13,22,31H,14-15H2,1-5H3. The summed E-state index contributed by atoms with van der Waals surface area (Å²) in [5.41, 5.74) is 0.944. The van der Waals surface area contributed by atoms with E-state index >= 15 is 0 Å². The van der Waals surface area contributed by atoms with Crippen LogP contribution in [0.4, 0.5) is 5.69 Å². The Morgan fingerprint density at radius 2 is 1.81 bits per heavy atom. The molecular formula is C27H29N3O6. The fourth-order valence-electron chi connectivity index (χ4n) is 4.05. The Balaban J connectivity index is 1.82. The smallest absolute Gasteiger partial charge is 0.294 e. The Morgan fingerprint density at radius 3 is 2.42 bits per heavy atom. The minimum absolute atomic E-state index is 0.0342. The highest BCUT2D eigenvalue weighted by Gasteiger charge is 2.47. The van der Waals surface area contributed by atoms with Crippen LogP contribution in [0, 0.1) is 12.3 Å². The third-order valence-corrected chi connectivity index (χ3v) is 5.81. The Labute approximate surface area is 209 Å². The number of aromatic nitrogens is 2. The summed E-state index contributed by atoms with van der Waals surface area (Å²) in [6.45, 7) is 7.63. The highest BCUT2D eigenvalue weighted by molar-refractivity contribution is 6.17. The number of hydrogen-bond donors (Lipinski definition) is 1. The molecule has 0 bridgehead atoms. The van der Waals surface area contributed by atoms with Gasteiger partial charge in [-0.1, -0.05) is 44.1 Å². The number of aryl methyl sites for hydroxylation is 1. The van der Waals surface area contributed by atoms with E-state index < -0.39 is 23.1 Å². The predicted octanol–water partition coefficient (Wildman–Crippen LogP) is 4.59. The van der Waals surface area contributed by atoms with E-state index in [1.807, 2.05) is 6.07 Å². The summed E-state index contributed by atoms with van der Waals surface area (Å²) in [6, 6.07) is 13.2. The van der Waals surface area contributed by atoms with Gasteiger partial charge in [-0.3, -0.25) is 14.5 Å². The van der Waals surface area contributed by atoms with Crippen molar-refractivity contribution in [3.8, 4) is 17.2 Å². The van der Waals surface area contributed by atoms with Crippen molar-refractivity contribution in [2.24, 2.45) is 5.41 Å². The van der Waals surface area contributed by atoms with Crippen molar-refractivity contribution in [1.82, 2.24) is 10.1 Å².